The summed E-state index contributed by atoms with van der Waals surface area (Å²) in [7, 11) is 3.91. The van der Waals surface area contributed by atoms with Gasteiger partial charge in [0.15, 0.2) is 0 Å². The van der Waals surface area contributed by atoms with Crippen LogP contribution in [-0.4, -0.2) is 55.2 Å². The van der Waals surface area contributed by atoms with E-state index in [9.17, 15) is 0 Å². The number of para-hydroxylation sites is 1. The molecule has 2 rings (SSSR count). The number of likely N-dealkylation sites (tertiary alicyclic amines) is 1. The van der Waals surface area contributed by atoms with Crippen molar-refractivity contribution in [1.82, 2.24) is 9.80 Å². The molecule has 1 saturated heterocycles. The maximum atomic E-state index is 6.16. The third-order valence-corrected chi connectivity index (χ3v) is 4.88. The molecule has 0 saturated carbocycles. The molecule has 1 atom stereocenters. The van der Waals surface area contributed by atoms with Gasteiger partial charge in [-0.05, 0) is 33.4 Å². The van der Waals surface area contributed by atoms with Crippen LogP contribution in [0.15, 0.2) is 24.3 Å². The Bertz CT molecular complexity index is 463. The van der Waals surface area contributed by atoms with Crippen molar-refractivity contribution in [3.8, 4) is 5.75 Å². The Balaban J connectivity index is 2.12. The second-order valence-corrected chi connectivity index (χ2v) is 6.41. The number of nitrogens with two attached hydrogens (primary N) is 1. The number of likely N-dealkylation sites (N-methyl/N-ethyl adjacent to an activating group) is 1. The molecule has 0 radical (unpaired) electrons. The first kappa shape index (κ1) is 16.3. The van der Waals surface area contributed by atoms with Crippen LogP contribution >= 0.6 is 0 Å². The van der Waals surface area contributed by atoms with Crippen molar-refractivity contribution >= 4 is 0 Å². The summed E-state index contributed by atoms with van der Waals surface area (Å²) in [5.41, 5.74) is 7.45. The third kappa shape index (κ3) is 3.39. The molecule has 118 valence electrons. The summed E-state index contributed by atoms with van der Waals surface area (Å²) in [6.45, 7) is 8.26. The van der Waals surface area contributed by atoms with E-state index in [4.69, 9.17) is 10.5 Å². The second-order valence-electron chi connectivity index (χ2n) is 6.41. The Morgan fingerprint density at radius 1 is 1.38 bits per heavy atom. The van der Waals surface area contributed by atoms with Crippen LogP contribution in [0, 0.1) is 0 Å². The van der Waals surface area contributed by atoms with E-state index in [-0.39, 0.29) is 5.54 Å². The maximum Gasteiger partial charge on any atom is 0.123 e. The van der Waals surface area contributed by atoms with Gasteiger partial charge in [-0.15, -0.1) is 0 Å². The fraction of sp³-hybridized carbons (Fsp3) is 0.647. The molecule has 0 amide bonds. The van der Waals surface area contributed by atoms with Gasteiger partial charge in [-0.3, -0.25) is 9.80 Å². The first-order chi connectivity index (χ1) is 10.0. The van der Waals surface area contributed by atoms with E-state index in [1.54, 1.807) is 7.11 Å². The van der Waals surface area contributed by atoms with Gasteiger partial charge in [0.2, 0.25) is 0 Å². The van der Waals surface area contributed by atoms with E-state index < -0.39 is 0 Å². The van der Waals surface area contributed by atoms with Gasteiger partial charge < -0.3 is 10.5 Å². The number of ether oxygens (including phenoxy) is 1. The normalized spacial score (nSPS) is 23.2. The minimum Gasteiger partial charge on any atom is -0.496 e. The van der Waals surface area contributed by atoms with Crippen molar-refractivity contribution in [2.45, 2.75) is 38.4 Å². The quantitative estimate of drug-likeness (QED) is 0.870. The topological polar surface area (TPSA) is 41.7 Å². The minimum absolute atomic E-state index is 0.0745. The molecule has 4 nitrogen and oxygen atoms in total. The second kappa shape index (κ2) is 6.77. The number of benzene rings is 1. The Morgan fingerprint density at radius 2 is 2.10 bits per heavy atom. The Morgan fingerprint density at radius 3 is 2.67 bits per heavy atom. The molecule has 1 aliphatic rings. The molecule has 0 aromatic heterocycles. The average molecular weight is 291 g/mol. The molecule has 4 heteroatoms. The monoisotopic (exact) mass is 291 g/mol. The SMILES string of the molecule is COc1ccccc1CN(C)C1(CN)CCN(C(C)C)C1. The lowest BCUT2D eigenvalue weighted by molar-refractivity contribution is 0.115. The maximum absolute atomic E-state index is 6.16. The van der Waals surface area contributed by atoms with E-state index >= 15 is 0 Å². The Kier molecular flexibility index (Phi) is 5.25. The van der Waals surface area contributed by atoms with Crippen LogP contribution < -0.4 is 10.5 Å². The molecule has 0 spiro atoms. The van der Waals surface area contributed by atoms with Crippen molar-refractivity contribution < 1.29 is 4.74 Å². The van der Waals surface area contributed by atoms with E-state index in [0.717, 1.165) is 31.8 Å². The Hall–Kier alpha value is -1.10. The predicted molar refractivity (Wildman–Crippen MR) is 87.6 cm³/mol. The summed E-state index contributed by atoms with van der Waals surface area (Å²) < 4.78 is 5.47. The lowest BCUT2D eigenvalue weighted by Crippen LogP contribution is -2.54. The van der Waals surface area contributed by atoms with Gasteiger partial charge in [0.25, 0.3) is 0 Å². The van der Waals surface area contributed by atoms with Crippen molar-refractivity contribution in [2.75, 3.05) is 33.8 Å². The highest BCUT2D eigenvalue weighted by Gasteiger charge is 2.41. The van der Waals surface area contributed by atoms with Gasteiger partial charge in [-0.1, -0.05) is 18.2 Å². The first-order valence-corrected chi connectivity index (χ1v) is 7.79. The van der Waals surface area contributed by atoms with Crippen LogP contribution in [0.2, 0.25) is 0 Å². The lowest BCUT2D eigenvalue weighted by atomic mass is 9.96. The van der Waals surface area contributed by atoms with Gasteiger partial charge in [-0.2, -0.15) is 0 Å². The minimum atomic E-state index is 0.0745. The Labute approximate surface area is 128 Å². The van der Waals surface area contributed by atoms with Gasteiger partial charge in [-0.25, -0.2) is 0 Å². The highest BCUT2D eigenvalue weighted by atomic mass is 16.5. The zero-order valence-electron chi connectivity index (χ0n) is 13.8. The van der Waals surface area contributed by atoms with Crippen molar-refractivity contribution in [1.29, 1.82) is 0 Å². The molecule has 1 aromatic rings. The van der Waals surface area contributed by atoms with E-state index in [0.29, 0.717) is 12.6 Å². The zero-order chi connectivity index (χ0) is 15.5. The fourth-order valence-electron chi connectivity index (χ4n) is 3.22. The lowest BCUT2D eigenvalue weighted by Gasteiger charge is -2.38. The standard InChI is InChI=1S/C17H29N3O/c1-14(2)20-10-9-17(12-18,13-20)19(3)11-15-7-5-6-8-16(15)21-4/h5-8,14H,9-13,18H2,1-4H3. The predicted octanol–water partition coefficient (Wildman–Crippen LogP) is 1.94. The molecule has 1 aliphatic heterocycles. The van der Waals surface area contributed by atoms with Gasteiger partial charge in [0.1, 0.15) is 5.75 Å². The number of nitrogens with zero attached hydrogens (tertiary/aromatic N) is 2. The molecule has 1 fully saturated rings. The number of hydrogen-bond donors (Lipinski definition) is 1. The molecule has 2 N–H and O–H groups in total. The van der Waals surface area contributed by atoms with Crippen LogP contribution in [0.5, 0.6) is 5.75 Å². The number of methoxy groups -OCH3 is 1. The molecular formula is C17H29N3O. The number of hydrogen-bond acceptors (Lipinski definition) is 4. The van der Waals surface area contributed by atoms with Gasteiger partial charge in [0, 0.05) is 43.3 Å². The van der Waals surface area contributed by atoms with Crippen LogP contribution in [0.4, 0.5) is 0 Å². The number of rotatable bonds is 6. The fourth-order valence-corrected chi connectivity index (χ4v) is 3.22. The molecule has 1 aromatic carbocycles. The summed E-state index contributed by atoms with van der Waals surface area (Å²) in [6.07, 6.45) is 1.13. The molecule has 0 aliphatic carbocycles. The van der Waals surface area contributed by atoms with Crippen molar-refractivity contribution in [3.05, 3.63) is 29.8 Å². The summed E-state index contributed by atoms with van der Waals surface area (Å²) >= 11 is 0. The zero-order valence-corrected chi connectivity index (χ0v) is 13.8. The van der Waals surface area contributed by atoms with Crippen molar-refractivity contribution in [2.24, 2.45) is 5.73 Å². The summed E-state index contributed by atoms with van der Waals surface area (Å²) in [6, 6.07) is 8.81. The van der Waals surface area contributed by atoms with Crippen LogP contribution in [0.25, 0.3) is 0 Å². The van der Waals surface area contributed by atoms with E-state index in [1.165, 1.54) is 5.56 Å². The van der Waals surface area contributed by atoms with Crippen LogP contribution in [-0.2, 0) is 6.54 Å². The van der Waals surface area contributed by atoms with Crippen LogP contribution in [0.3, 0.4) is 0 Å². The largest absolute Gasteiger partial charge is 0.496 e. The highest BCUT2D eigenvalue weighted by molar-refractivity contribution is 5.33. The molecule has 21 heavy (non-hydrogen) atoms. The summed E-state index contributed by atoms with van der Waals surface area (Å²) in [5.74, 6) is 0.954. The molecular weight excluding hydrogens is 262 g/mol. The van der Waals surface area contributed by atoms with Gasteiger partial charge >= 0.3 is 0 Å². The van der Waals surface area contributed by atoms with Gasteiger partial charge in [0.05, 0.1) is 7.11 Å². The average Bonchev–Trinajstić information content (AvgIpc) is 2.94. The molecule has 1 unspecified atom stereocenters. The molecule has 1 heterocycles. The third-order valence-electron chi connectivity index (χ3n) is 4.88. The van der Waals surface area contributed by atoms with E-state index in [1.807, 2.05) is 12.1 Å². The molecule has 0 bridgehead atoms. The smallest absolute Gasteiger partial charge is 0.123 e. The first-order valence-electron chi connectivity index (χ1n) is 7.79. The van der Waals surface area contributed by atoms with Crippen LogP contribution in [0.1, 0.15) is 25.8 Å². The van der Waals surface area contributed by atoms with Crippen molar-refractivity contribution in [3.63, 3.8) is 0 Å². The highest BCUT2D eigenvalue weighted by Crippen LogP contribution is 2.30. The summed E-state index contributed by atoms with van der Waals surface area (Å²) in [5, 5.41) is 0. The summed E-state index contributed by atoms with van der Waals surface area (Å²) in [4.78, 5) is 4.93. The van der Waals surface area contributed by atoms with E-state index in [2.05, 4.69) is 42.8 Å².